The Morgan fingerprint density at radius 2 is 1.07 bits per heavy atom. The fraction of sp³-hybridized carbons (Fsp3) is 0.0392. The van der Waals surface area contributed by atoms with Crippen LogP contribution in [0.15, 0.2) is 204 Å². The van der Waals surface area contributed by atoms with Crippen LogP contribution >= 0.6 is 0 Å². The van der Waals surface area contributed by atoms with Crippen molar-refractivity contribution in [2.75, 3.05) is 9.80 Å². The summed E-state index contributed by atoms with van der Waals surface area (Å²) in [7, 11) is 0. The maximum absolute atomic E-state index is 6.66. The van der Waals surface area contributed by atoms with Crippen molar-refractivity contribution < 1.29 is 4.42 Å². The van der Waals surface area contributed by atoms with Gasteiger partial charge in [0.15, 0.2) is 17.5 Å². The Kier molecular flexibility index (Phi) is 7.84. The molecule has 1 unspecified atom stereocenters. The summed E-state index contributed by atoms with van der Waals surface area (Å²) in [6.45, 7) is 0. The molecule has 3 heterocycles. The molecule has 2 aromatic heterocycles. The maximum Gasteiger partial charge on any atom is 0.164 e. The molecular weight excluding hydrogens is 699 g/mol. The number of furan rings is 1. The van der Waals surface area contributed by atoms with Gasteiger partial charge >= 0.3 is 0 Å². The number of benzene rings is 7. The second kappa shape index (κ2) is 13.6. The average Bonchev–Trinajstić information content (AvgIpc) is 3.82. The Labute approximate surface area is 330 Å². The molecule has 0 saturated carbocycles. The first-order valence-corrected chi connectivity index (χ1v) is 19.3. The molecule has 7 aromatic carbocycles. The van der Waals surface area contributed by atoms with Gasteiger partial charge in [0.05, 0.1) is 0 Å². The molecular formula is C51H35N5O. The third-order valence-electron chi connectivity index (χ3n) is 11.0. The minimum Gasteiger partial charge on any atom is -0.456 e. The largest absolute Gasteiger partial charge is 0.456 e. The molecule has 11 rings (SSSR count). The average molecular weight is 734 g/mol. The zero-order valence-corrected chi connectivity index (χ0v) is 30.9. The number of anilines is 5. The molecule has 0 N–H and O–H groups in total. The van der Waals surface area contributed by atoms with Crippen LogP contribution in [0, 0.1) is 0 Å². The lowest BCUT2D eigenvalue weighted by Gasteiger charge is -2.28. The number of aromatic nitrogens is 3. The van der Waals surface area contributed by atoms with Crippen LogP contribution < -0.4 is 9.80 Å². The van der Waals surface area contributed by atoms with Gasteiger partial charge in [0.2, 0.25) is 0 Å². The highest BCUT2D eigenvalue weighted by Gasteiger charge is 2.34. The van der Waals surface area contributed by atoms with Gasteiger partial charge in [-0.05, 0) is 84.8 Å². The van der Waals surface area contributed by atoms with Gasteiger partial charge in [-0.3, -0.25) is 0 Å². The zero-order chi connectivity index (χ0) is 37.7. The van der Waals surface area contributed by atoms with E-state index >= 15 is 0 Å². The number of para-hydroxylation sites is 2. The topological polar surface area (TPSA) is 58.3 Å². The number of allylic oxidation sites excluding steroid dienone is 4. The molecule has 1 aliphatic heterocycles. The highest BCUT2D eigenvalue weighted by Crippen LogP contribution is 2.51. The van der Waals surface area contributed by atoms with Crippen molar-refractivity contribution in [3.8, 4) is 34.2 Å². The molecule has 6 nitrogen and oxygen atoms in total. The molecule has 0 saturated heterocycles. The van der Waals surface area contributed by atoms with E-state index in [0.29, 0.717) is 23.4 Å². The molecule has 1 atom stereocenters. The maximum atomic E-state index is 6.66. The first-order chi connectivity index (χ1) is 28.2. The summed E-state index contributed by atoms with van der Waals surface area (Å²) in [5.74, 6) is 2.23. The van der Waals surface area contributed by atoms with Crippen LogP contribution in [0.3, 0.4) is 0 Å². The third-order valence-corrected chi connectivity index (χ3v) is 11.0. The van der Waals surface area contributed by atoms with Gasteiger partial charge in [-0.25, -0.2) is 15.0 Å². The number of fused-ring (bicyclic) bond motifs is 6. The van der Waals surface area contributed by atoms with Gasteiger partial charge in [0.1, 0.15) is 11.2 Å². The first kappa shape index (κ1) is 32.8. The Morgan fingerprint density at radius 1 is 0.509 bits per heavy atom. The van der Waals surface area contributed by atoms with E-state index in [9.17, 15) is 0 Å². The smallest absolute Gasteiger partial charge is 0.164 e. The van der Waals surface area contributed by atoms with Gasteiger partial charge in [-0.2, -0.15) is 0 Å². The van der Waals surface area contributed by atoms with Crippen molar-refractivity contribution in [1.82, 2.24) is 15.0 Å². The fourth-order valence-electron chi connectivity index (χ4n) is 8.30. The van der Waals surface area contributed by atoms with Gasteiger partial charge in [-0.15, -0.1) is 0 Å². The van der Waals surface area contributed by atoms with Crippen LogP contribution in [0.25, 0.3) is 56.1 Å². The molecule has 0 radical (unpaired) electrons. The number of nitrogens with zero attached hydrogens (tertiary/aromatic N) is 5. The molecule has 0 fully saturated rings. The predicted octanol–water partition coefficient (Wildman–Crippen LogP) is 13.3. The van der Waals surface area contributed by atoms with Gasteiger partial charge in [-0.1, -0.05) is 115 Å². The Balaban J connectivity index is 0.974. The van der Waals surface area contributed by atoms with Crippen LogP contribution in [-0.4, -0.2) is 15.0 Å². The second-order valence-corrected chi connectivity index (χ2v) is 14.4. The lowest BCUT2D eigenvalue weighted by molar-refractivity contribution is 0.669. The summed E-state index contributed by atoms with van der Waals surface area (Å²) in [6, 6.07) is 61.0. The van der Waals surface area contributed by atoms with E-state index in [0.717, 1.165) is 67.8 Å². The first-order valence-electron chi connectivity index (χ1n) is 19.3. The van der Waals surface area contributed by atoms with E-state index < -0.39 is 0 Å². The molecule has 0 bridgehead atoms. The fourth-order valence-corrected chi connectivity index (χ4v) is 8.30. The van der Waals surface area contributed by atoms with E-state index in [4.69, 9.17) is 19.4 Å². The van der Waals surface area contributed by atoms with E-state index in [-0.39, 0.29) is 0 Å². The standard InChI is InChI=1S/C51H35N5O/c1-4-14-34(15-5-1)49-52-50(35-16-6-2-7-17-35)54-51(53-49)36-24-30-43-44-31-29-40(33-48(44)57-47(43)32-36)55(37-18-8-3-9-19-37)38-25-27-39(28-26-38)56-45-22-12-10-20-41(45)42-21-11-13-23-46(42)56/h1-20,22-33,42H,21H2. The minimum absolute atomic E-state index is 0.383. The molecule has 9 aromatic rings. The van der Waals surface area contributed by atoms with Gasteiger partial charge in [0, 0.05) is 73.6 Å². The Bertz CT molecular complexity index is 2930. The van der Waals surface area contributed by atoms with Crippen molar-refractivity contribution >= 4 is 50.4 Å². The van der Waals surface area contributed by atoms with Crippen molar-refractivity contribution in [2.45, 2.75) is 12.3 Å². The summed E-state index contributed by atoms with van der Waals surface area (Å²) < 4.78 is 6.66. The van der Waals surface area contributed by atoms with Gasteiger partial charge in [0.25, 0.3) is 0 Å². The molecule has 1 aliphatic carbocycles. The van der Waals surface area contributed by atoms with Crippen LogP contribution in [0.5, 0.6) is 0 Å². The normalized spacial score (nSPS) is 14.4. The van der Waals surface area contributed by atoms with Crippen molar-refractivity contribution in [1.29, 1.82) is 0 Å². The zero-order valence-electron chi connectivity index (χ0n) is 30.9. The quantitative estimate of drug-likeness (QED) is 0.163. The van der Waals surface area contributed by atoms with E-state index in [1.807, 2.05) is 66.7 Å². The van der Waals surface area contributed by atoms with E-state index in [1.165, 1.54) is 16.9 Å². The Hall–Kier alpha value is -7.57. The molecule has 0 amide bonds. The minimum atomic E-state index is 0.383. The second-order valence-electron chi connectivity index (χ2n) is 14.4. The SMILES string of the molecule is C1=CCC2C(=C1)N(c1ccc(N(c3ccccc3)c3ccc4c(c3)oc3cc(-c5nc(-c6ccccc6)nc(-c6ccccc6)n5)ccc34)cc1)c1ccccc12. The summed E-state index contributed by atoms with van der Waals surface area (Å²) in [5.41, 5.74) is 12.5. The molecule has 6 heteroatoms. The summed E-state index contributed by atoms with van der Waals surface area (Å²) in [6.07, 6.45) is 7.73. The highest BCUT2D eigenvalue weighted by atomic mass is 16.3. The lowest BCUT2D eigenvalue weighted by atomic mass is 9.92. The lowest BCUT2D eigenvalue weighted by Crippen LogP contribution is -2.15. The van der Waals surface area contributed by atoms with Crippen molar-refractivity contribution in [2.24, 2.45) is 0 Å². The van der Waals surface area contributed by atoms with Crippen molar-refractivity contribution in [3.63, 3.8) is 0 Å². The van der Waals surface area contributed by atoms with Crippen molar-refractivity contribution in [3.05, 3.63) is 205 Å². The monoisotopic (exact) mass is 733 g/mol. The van der Waals surface area contributed by atoms with Gasteiger partial charge < -0.3 is 14.2 Å². The number of hydrogen-bond acceptors (Lipinski definition) is 6. The van der Waals surface area contributed by atoms with E-state index in [1.54, 1.807) is 0 Å². The third kappa shape index (κ3) is 5.78. The van der Waals surface area contributed by atoms with Crippen LogP contribution in [0.1, 0.15) is 17.9 Å². The highest BCUT2D eigenvalue weighted by molar-refractivity contribution is 6.07. The number of hydrogen-bond donors (Lipinski definition) is 0. The van der Waals surface area contributed by atoms with E-state index in [2.05, 4.69) is 137 Å². The molecule has 57 heavy (non-hydrogen) atoms. The molecule has 2 aliphatic rings. The summed E-state index contributed by atoms with van der Waals surface area (Å²) in [4.78, 5) is 19.5. The van der Waals surface area contributed by atoms with Crippen LogP contribution in [0.2, 0.25) is 0 Å². The molecule has 0 spiro atoms. The summed E-state index contributed by atoms with van der Waals surface area (Å²) in [5, 5.41) is 2.08. The molecule has 270 valence electrons. The van der Waals surface area contributed by atoms with Crippen LogP contribution in [0.4, 0.5) is 28.4 Å². The van der Waals surface area contributed by atoms with Crippen LogP contribution in [-0.2, 0) is 0 Å². The predicted molar refractivity (Wildman–Crippen MR) is 231 cm³/mol. The Morgan fingerprint density at radius 3 is 1.77 bits per heavy atom. The number of rotatable bonds is 7. The summed E-state index contributed by atoms with van der Waals surface area (Å²) >= 11 is 0.